The molecule has 0 fully saturated rings. The first-order valence-corrected chi connectivity index (χ1v) is 14.2. The molecule has 0 bridgehead atoms. The van der Waals surface area contributed by atoms with E-state index in [1.165, 1.54) is 6.21 Å². The van der Waals surface area contributed by atoms with Crippen LogP contribution in [-0.4, -0.2) is 28.2 Å². The zero-order chi connectivity index (χ0) is 30.1. The molecule has 0 spiro atoms. The lowest BCUT2D eigenvalue weighted by Gasteiger charge is -2.17. The van der Waals surface area contributed by atoms with E-state index in [4.69, 9.17) is 17.7 Å². The Labute approximate surface area is 262 Å². The van der Waals surface area contributed by atoms with Crippen molar-refractivity contribution < 1.29 is 14.7 Å². The van der Waals surface area contributed by atoms with Crippen LogP contribution in [0.15, 0.2) is 98.0 Å². The summed E-state index contributed by atoms with van der Waals surface area (Å²) in [5.74, 6) is -2.40. The number of thiocarbonyl (C=S) groups is 1. The largest absolute Gasteiger partial charge is 0.506 e. The highest BCUT2D eigenvalue weighted by atomic mass is 79.9. The molecule has 5 N–H and O–H groups in total. The summed E-state index contributed by atoms with van der Waals surface area (Å²) >= 11 is 11.8. The van der Waals surface area contributed by atoms with Gasteiger partial charge in [0, 0.05) is 16.3 Å². The average molecular weight is 710 g/mol. The molecule has 212 valence electrons. The van der Waals surface area contributed by atoms with Crippen molar-refractivity contribution in [1.29, 1.82) is 0 Å². The van der Waals surface area contributed by atoms with E-state index in [9.17, 15) is 14.7 Å². The number of phenolic OH excluding ortho intramolecular Hbond substituents is 1. The SMILES string of the molecule is [N-]=[N+]=Nc1ccc(NC(=S)NNC(=O)C(Cc2ccc3ccccc3c2)C(=O)N/N=C/c2cc(Br)c(O)c(Br)c2)cc1. The van der Waals surface area contributed by atoms with Crippen LogP contribution in [0.1, 0.15) is 11.1 Å². The minimum atomic E-state index is -1.17. The predicted octanol–water partition coefficient (Wildman–Crippen LogP) is 6.34. The topological polar surface area (TPSA) is 164 Å². The monoisotopic (exact) mass is 708 g/mol. The third kappa shape index (κ3) is 8.27. The Kier molecular flexibility index (Phi) is 10.5. The van der Waals surface area contributed by atoms with Crippen molar-refractivity contribution in [3.8, 4) is 5.75 Å². The molecule has 0 radical (unpaired) electrons. The molecule has 0 aliphatic heterocycles. The Balaban J connectivity index is 1.46. The number of phenols is 1. The quantitative estimate of drug-likeness (QED) is 0.0273. The Morgan fingerprint density at radius 2 is 1.64 bits per heavy atom. The summed E-state index contributed by atoms with van der Waals surface area (Å²) in [7, 11) is 0. The number of hydrazone groups is 1. The van der Waals surface area contributed by atoms with Crippen LogP contribution in [0.5, 0.6) is 5.75 Å². The van der Waals surface area contributed by atoms with Crippen LogP contribution in [-0.2, 0) is 16.0 Å². The van der Waals surface area contributed by atoms with Crippen LogP contribution in [0.25, 0.3) is 21.2 Å². The molecule has 0 heterocycles. The first-order valence-electron chi connectivity index (χ1n) is 12.2. The Morgan fingerprint density at radius 1 is 0.952 bits per heavy atom. The summed E-state index contributed by atoms with van der Waals surface area (Å²) < 4.78 is 0.890. The van der Waals surface area contributed by atoms with Gasteiger partial charge < -0.3 is 10.4 Å². The maximum atomic E-state index is 13.2. The number of nitrogens with zero attached hydrogens (tertiary/aromatic N) is 4. The van der Waals surface area contributed by atoms with Gasteiger partial charge in [-0.25, -0.2) is 5.43 Å². The number of hydrazine groups is 1. The van der Waals surface area contributed by atoms with Crippen molar-refractivity contribution in [1.82, 2.24) is 16.3 Å². The number of hydrogen-bond donors (Lipinski definition) is 5. The lowest BCUT2D eigenvalue weighted by atomic mass is 9.96. The fourth-order valence-electron chi connectivity index (χ4n) is 3.84. The van der Waals surface area contributed by atoms with Crippen LogP contribution in [0.3, 0.4) is 0 Å². The lowest BCUT2D eigenvalue weighted by molar-refractivity contribution is -0.135. The minimum Gasteiger partial charge on any atom is -0.506 e. The highest BCUT2D eigenvalue weighted by molar-refractivity contribution is 9.11. The summed E-state index contributed by atoms with van der Waals surface area (Å²) in [6.45, 7) is 0. The van der Waals surface area contributed by atoms with E-state index in [0.29, 0.717) is 25.9 Å². The second kappa shape index (κ2) is 14.4. The fourth-order valence-corrected chi connectivity index (χ4v) is 5.24. The van der Waals surface area contributed by atoms with E-state index < -0.39 is 17.7 Å². The van der Waals surface area contributed by atoms with E-state index in [1.807, 2.05) is 42.5 Å². The number of azide groups is 1. The average Bonchev–Trinajstić information content (AvgIpc) is 2.98. The molecule has 0 saturated carbocycles. The summed E-state index contributed by atoms with van der Waals surface area (Å²) in [5.41, 5.74) is 18.5. The number of halogens is 2. The van der Waals surface area contributed by atoms with Crippen LogP contribution >= 0.6 is 44.1 Å². The van der Waals surface area contributed by atoms with Gasteiger partial charge in [0.05, 0.1) is 15.2 Å². The number of rotatable bonds is 8. The molecule has 0 saturated heterocycles. The van der Waals surface area contributed by atoms with E-state index in [1.54, 1.807) is 36.4 Å². The minimum absolute atomic E-state index is 0.0355. The number of anilines is 1. The summed E-state index contributed by atoms with van der Waals surface area (Å²) in [6, 6.07) is 23.3. The number of nitrogens with one attached hydrogen (secondary N) is 4. The molecule has 11 nitrogen and oxygen atoms in total. The zero-order valence-corrected chi connectivity index (χ0v) is 25.6. The highest BCUT2D eigenvalue weighted by Gasteiger charge is 2.27. The van der Waals surface area contributed by atoms with Gasteiger partial charge in [-0.2, -0.15) is 5.10 Å². The number of carbonyl (C=O) groups is 2. The lowest BCUT2D eigenvalue weighted by Crippen LogP contribution is -2.49. The summed E-state index contributed by atoms with van der Waals surface area (Å²) in [4.78, 5) is 29.2. The molecule has 14 heteroatoms. The first-order chi connectivity index (χ1) is 20.2. The molecule has 42 heavy (non-hydrogen) atoms. The molecule has 0 aromatic heterocycles. The predicted molar refractivity (Wildman–Crippen MR) is 173 cm³/mol. The third-order valence-corrected chi connectivity index (χ3v) is 7.31. The van der Waals surface area contributed by atoms with Crippen molar-refractivity contribution in [2.24, 2.45) is 16.1 Å². The number of hydrogen-bond acceptors (Lipinski definition) is 6. The third-order valence-electron chi connectivity index (χ3n) is 5.90. The van der Waals surface area contributed by atoms with Crippen molar-refractivity contribution in [2.45, 2.75) is 6.42 Å². The second-order valence-corrected chi connectivity index (χ2v) is 10.9. The van der Waals surface area contributed by atoms with Gasteiger partial charge >= 0.3 is 0 Å². The molecule has 0 aliphatic carbocycles. The number of fused-ring (bicyclic) bond motifs is 1. The molecule has 4 aromatic carbocycles. The van der Waals surface area contributed by atoms with Crippen LogP contribution in [0.2, 0.25) is 0 Å². The fraction of sp³-hybridized carbons (Fsp3) is 0.0714. The van der Waals surface area contributed by atoms with Crippen molar-refractivity contribution >= 4 is 89.4 Å². The van der Waals surface area contributed by atoms with Crippen LogP contribution < -0.4 is 21.6 Å². The molecule has 0 aliphatic rings. The maximum Gasteiger partial charge on any atom is 0.253 e. The van der Waals surface area contributed by atoms with E-state index in [2.05, 4.69) is 68.6 Å². The smallest absolute Gasteiger partial charge is 0.253 e. The number of amides is 2. The van der Waals surface area contributed by atoms with Crippen LogP contribution in [0, 0.1) is 5.92 Å². The van der Waals surface area contributed by atoms with Crippen molar-refractivity contribution in [3.63, 3.8) is 0 Å². The van der Waals surface area contributed by atoms with E-state index in [-0.39, 0.29) is 17.3 Å². The maximum absolute atomic E-state index is 13.2. The van der Waals surface area contributed by atoms with Crippen molar-refractivity contribution in [2.75, 3.05) is 5.32 Å². The van der Waals surface area contributed by atoms with Gasteiger partial charge in [-0.3, -0.25) is 20.4 Å². The summed E-state index contributed by atoms with van der Waals surface area (Å²) in [5, 5.41) is 22.4. The molecular weight excluding hydrogens is 688 g/mol. The second-order valence-electron chi connectivity index (χ2n) is 8.81. The van der Waals surface area contributed by atoms with Gasteiger partial charge in [-0.05, 0) is 102 Å². The normalized spacial score (nSPS) is 11.4. The Morgan fingerprint density at radius 3 is 2.33 bits per heavy atom. The molecule has 4 rings (SSSR count). The van der Waals surface area contributed by atoms with Gasteiger partial charge in [0.2, 0.25) is 0 Å². The van der Waals surface area contributed by atoms with Crippen molar-refractivity contribution in [3.05, 3.63) is 109 Å². The summed E-state index contributed by atoms with van der Waals surface area (Å²) in [6.07, 6.45) is 1.49. The van der Waals surface area contributed by atoms with Gasteiger partial charge in [0.25, 0.3) is 11.8 Å². The Bertz CT molecular complexity index is 1700. The van der Waals surface area contributed by atoms with E-state index in [0.717, 1.165) is 16.3 Å². The van der Waals surface area contributed by atoms with Gasteiger partial charge in [-0.1, -0.05) is 59.7 Å². The number of benzene rings is 4. The standard InChI is InChI=1S/C28H22Br2N8O3S/c29-23-13-17(14-24(30)25(23)39)15-32-35-26(40)22(12-16-5-6-18-3-1-2-4-19(18)11-16)27(41)36-37-28(42)33-20-7-9-21(10-8-20)34-38-31/h1-11,13-15,22,39H,12H2,(H,35,40)(H,36,41)(H2,33,37,42)/b32-15+. The number of carbonyl (C=O) groups excluding carboxylic acids is 2. The first kappa shape index (κ1) is 30.5. The Hall–Kier alpha value is -4.49. The molecule has 1 unspecified atom stereocenters. The van der Waals surface area contributed by atoms with E-state index >= 15 is 0 Å². The molecule has 4 aromatic rings. The molecule has 1 atom stereocenters. The zero-order valence-electron chi connectivity index (χ0n) is 21.6. The highest BCUT2D eigenvalue weighted by Crippen LogP contribution is 2.32. The molecule has 2 amide bonds. The molecular formula is C28H22Br2N8O3S. The van der Waals surface area contributed by atoms with Gasteiger partial charge in [0.1, 0.15) is 11.7 Å². The van der Waals surface area contributed by atoms with Crippen LogP contribution in [0.4, 0.5) is 11.4 Å². The van der Waals surface area contributed by atoms with Gasteiger partial charge in [0.15, 0.2) is 5.11 Å². The number of aromatic hydroxyl groups is 1. The van der Waals surface area contributed by atoms with Gasteiger partial charge in [-0.15, -0.1) is 0 Å².